The summed E-state index contributed by atoms with van der Waals surface area (Å²) < 4.78 is 5.31. The van der Waals surface area contributed by atoms with E-state index in [1.165, 1.54) is 0 Å². The van der Waals surface area contributed by atoms with Gasteiger partial charge in [0.25, 0.3) is 5.91 Å². The number of para-hydroxylation sites is 1. The van der Waals surface area contributed by atoms with Crippen molar-refractivity contribution < 1.29 is 14.3 Å². The van der Waals surface area contributed by atoms with E-state index in [-0.39, 0.29) is 5.91 Å². The van der Waals surface area contributed by atoms with Gasteiger partial charge in [-0.2, -0.15) is 0 Å². The fourth-order valence-electron chi connectivity index (χ4n) is 2.74. The van der Waals surface area contributed by atoms with E-state index >= 15 is 0 Å². The van der Waals surface area contributed by atoms with Gasteiger partial charge in [-0.05, 0) is 42.2 Å². The minimum Gasteiger partial charge on any atom is -0.448 e. The Balaban J connectivity index is 1.80. The monoisotopic (exact) mass is 309 g/mol. The standard InChI is InChI=1S/C19H19NO3/c1-3-13-8-9-15-14(10-13)11-17(23-19(15)22)18(21)20-16-7-5-4-6-12(16)2/h4-10,17H,3,11H2,1-2H3,(H,20,21). The third-order valence-corrected chi connectivity index (χ3v) is 4.15. The molecule has 2 aromatic carbocycles. The molecule has 0 fully saturated rings. The number of carbonyl (C=O) groups is 2. The van der Waals surface area contributed by atoms with Crippen LogP contribution in [0.25, 0.3) is 0 Å². The van der Waals surface area contributed by atoms with Crippen molar-refractivity contribution >= 4 is 17.6 Å². The van der Waals surface area contributed by atoms with Crippen LogP contribution < -0.4 is 5.32 Å². The maximum absolute atomic E-state index is 12.4. The number of hydrogen-bond donors (Lipinski definition) is 1. The normalized spacial score (nSPS) is 16.4. The van der Waals surface area contributed by atoms with E-state index in [0.29, 0.717) is 12.0 Å². The highest BCUT2D eigenvalue weighted by Crippen LogP contribution is 2.24. The molecule has 1 atom stereocenters. The third kappa shape index (κ3) is 3.11. The maximum Gasteiger partial charge on any atom is 0.339 e. The Hall–Kier alpha value is -2.62. The number of amides is 1. The van der Waals surface area contributed by atoms with Crippen molar-refractivity contribution in [3.8, 4) is 0 Å². The number of nitrogens with one attached hydrogen (secondary N) is 1. The summed E-state index contributed by atoms with van der Waals surface area (Å²) in [4.78, 5) is 24.6. The summed E-state index contributed by atoms with van der Waals surface area (Å²) in [6.07, 6.45) is 0.511. The molecule has 1 aliphatic rings. The Kier molecular flexibility index (Phi) is 4.15. The molecule has 0 spiro atoms. The summed E-state index contributed by atoms with van der Waals surface area (Å²) in [5.41, 5.74) is 4.29. The van der Waals surface area contributed by atoms with Crippen LogP contribution in [0.15, 0.2) is 42.5 Å². The Morgan fingerprint density at radius 1 is 1.26 bits per heavy atom. The lowest BCUT2D eigenvalue weighted by Crippen LogP contribution is -2.38. The number of anilines is 1. The molecule has 4 heteroatoms. The van der Waals surface area contributed by atoms with Crippen molar-refractivity contribution in [1.29, 1.82) is 0 Å². The van der Waals surface area contributed by atoms with Crippen LogP contribution in [0, 0.1) is 6.92 Å². The molecule has 1 unspecified atom stereocenters. The first-order valence-electron chi connectivity index (χ1n) is 7.77. The molecule has 0 bridgehead atoms. The number of fused-ring (bicyclic) bond motifs is 1. The molecule has 1 heterocycles. The van der Waals surface area contributed by atoms with Gasteiger partial charge in [0.15, 0.2) is 6.10 Å². The van der Waals surface area contributed by atoms with Crippen molar-refractivity contribution in [2.45, 2.75) is 32.8 Å². The summed E-state index contributed by atoms with van der Waals surface area (Å²) in [6.45, 7) is 3.98. The van der Waals surface area contributed by atoms with Gasteiger partial charge in [-0.1, -0.05) is 37.3 Å². The zero-order chi connectivity index (χ0) is 16.4. The van der Waals surface area contributed by atoms with E-state index < -0.39 is 12.1 Å². The molecule has 1 amide bonds. The number of benzene rings is 2. The molecule has 23 heavy (non-hydrogen) atoms. The van der Waals surface area contributed by atoms with Crippen LogP contribution in [0.5, 0.6) is 0 Å². The lowest BCUT2D eigenvalue weighted by atomic mass is 9.95. The largest absolute Gasteiger partial charge is 0.448 e. The van der Waals surface area contributed by atoms with Crippen LogP contribution >= 0.6 is 0 Å². The predicted octanol–water partition coefficient (Wildman–Crippen LogP) is 3.28. The summed E-state index contributed by atoms with van der Waals surface area (Å²) in [7, 11) is 0. The number of aryl methyl sites for hydroxylation is 2. The average molecular weight is 309 g/mol. The van der Waals surface area contributed by atoms with Crippen molar-refractivity contribution in [1.82, 2.24) is 0 Å². The number of hydrogen-bond acceptors (Lipinski definition) is 3. The second kappa shape index (κ2) is 6.24. The second-order valence-corrected chi connectivity index (χ2v) is 5.75. The van der Waals surface area contributed by atoms with Crippen molar-refractivity contribution in [3.05, 3.63) is 64.7 Å². The SMILES string of the molecule is CCc1ccc2c(c1)CC(C(=O)Nc1ccccc1C)OC2=O. The average Bonchev–Trinajstić information content (AvgIpc) is 2.56. The molecule has 118 valence electrons. The van der Waals surface area contributed by atoms with Gasteiger partial charge in [0.1, 0.15) is 0 Å². The summed E-state index contributed by atoms with van der Waals surface area (Å²) in [5, 5.41) is 2.84. The summed E-state index contributed by atoms with van der Waals surface area (Å²) in [5.74, 6) is -0.723. The first kappa shape index (κ1) is 15.3. The highest BCUT2D eigenvalue weighted by atomic mass is 16.5. The number of ether oxygens (including phenoxy) is 1. The van der Waals surface area contributed by atoms with Gasteiger partial charge >= 0.3 is 5.97 Å². The molecule has 4 nitrogen and oxygen atoms in total. The highest BCUT2D eigenvalue weighted by Gasteiger charge is 2.31. The minimum atomic E-state index is -0.790. The van der Waals surface area contributed by atoms with Crippen molar-refractivity contribution in [3.63, 3.8) is 0 Å². The molecular formula is C19H19NO3. The first-order chi connectivity index (χ1) is 11.1. The van der Waals surface area contributed by atoms with Crippen LogP contribution in [0.3, 0.4) is 0 Å². The third-order valence-electron chi connectivity index (χ3n) is 4.15. The Labute approximate surface area is 135 Å². The number of carbonyl (C=O) groups excluding carboxylic acids is 2. The molecule has 0 saturated carbocycles. The second-order valence-electron chi connectivity index (χ2n) is 5.75. The molecule has 2 aromatic rings. The molecule has 3 rings (SSSR count). The molecule has 0 radical (unpaired) electrons. The van der Waals surface area contributed by atoms with Crippen molar-refractivity contribution in [2.24, 2.45) is 0 Å². The van der Waals surface area contributed by atoms with Gasteiger partial charge in [-0.3, -0.25) is 4.79 Å². The zero-order valence-corrected chi connectivity index (χ0v) is 13.3. The molecule has 1 N–H and O–H groups in total. The van der Waals surface area contributed by atoms with E-state index in [9.17, 15) is 9.59 Å². The smallest absolute Gasteiger partial charge is 0.339 e. The Morgan fingerprint density at radius 3 is 2.78 bits per heavy atom. The molecule has 0 saturated heterocycles. The quantitative estimate of drug-likeness (QED) is 0.885. The van der Waals surface area contributed by atoms with E-state index in [2.05, 4.69) is 12.2 Å². The summed E-state index contributed by atoms with van der Waals surface area (Å²) in [6, 6.07) is 13.2. The number of esters is 1. The van der Waals surface area contributed by atoms with E-state index in [1.54, 1.807) is 6.07 Å². The summed E-state index contributed by atoms with van der Waals surface area (Å²) >= 11 is 0. The molecule has 0 aromatic heterocycles. The van der Waals surface area contributed by atoms with Gasteiger partial charge < -0.3 is 10.1 Å². The van der Waals surface area contributed by atoms with Crippen LogP contribution in [0.2, 0.25) is 0 Å². The fraction of sp³-hybridized carbons (Fsp3) is 0.263. The van der Waals surface area contributed by atoms with Gasteiger partial charge in [-0.25, -0.2) is 4.79 Å². The molecule has 1 aliphatic heterocycles. The van der Waals surface area contributed by atoms with Crippen LogP contribution in [-0.4, -0.2) is 18.0 Å². The predicted molar refractivity (Wildman–Crippen MR) is 88.5 cm³/mol. The Morgan fingerprint density at radius 2 is 2.04 bits per heavy atom. The molecular weight excluding hydrogens is 290 g/mol. The minimum absolute atomic E-state index is 0.291. The zero-order valence-electron chi connectivity index (χ0n) is 13.3. The number of cyclic esters (lactones) is 1. The van der Waals surface area contributed by atoms with Gasteiger partial charge in [0, 0.05) is 12.1 Å². The van der Waals surface area contributed by atoms with E-state index in [1.807, 2.05) is 43.3 Å². The van der Waals surface area contributed by atoms with Crippen molar-refractivity contribution in [2.75, 3.05) is 5.32 Å². The number of rotatable bonds is 3. The topological polar surface area (TPSA) is 55.4 Å². The lowest BCUT2D eigenvalue weighted by molar-refractivity contribution is -0.125. The lowest BCUT2D eigenvalue weighted by Gasteiger charge is -2.24. The van der Waals surface area contributed by atoms with Gasteiger partial charge in [-0.15, -0.1) is 0 Å². The van der Waals surface area contributed by atoms with Crippen LogP contribution in [-0.2, 0) is 22.4 Å². The fourth-order valence-corrected chi connectivity index (χ4v) is 2.74. The van der Waals surface area contributed by atoms with Gasteiger partial charge in [0.2, 0.25) is 0 Å². The van der Waals surface area contributed by atoms with E-state index in [4.69, 9.17) is 4.74 Å². The van der Waals surface area contributed by atoms with Gasteiger partial charge in [0.05, 0.1) is 5.56 Å². The van der Waals surface area contributed by atoms with Crippen LogP contribution in [0.1, 0.15) is 34.0 Å². The highest BCUT2D eigenvalue weighted by molar-refractivity contribution is 6.00. The Bertz CT molecular complexity index is 767. The maximum atomic E-state index is 12.4. The molecule has 0 aliphatic carbocycles. The van der Waals surface area contributed by atoms with E-state index in [0.717, 1.165) is 28.8 Å². The van der Waals surface area contributed by atoms with Crippen LogP contribution in [0.4, 0.5) is 5.69 Å². The first-order valence-corrected chi connectivity index (χ1v) is 7.77.